The van der Waals surface area contributed by atoms with Crippen molar-refractivity contribution in [1.29, 1.82) is 0 Å². The van der Waals surface area contributed by atoms with Crippen LogP contribution in [-0.2, 0) is 21.5 Å². The topological polar surface area (TPSA) is 132 Å². The van der Waals surface area contributed by atoms with E-state index >= 15 is 0 Å². The van der Waals surface area contributed by atoms with Crippen LogP contribution in [0.3, 0.4) is 0 Å². The Balaban J connectivity index is 0.000000550. The number of hydrogen-bond donors (Lipinski definition) is 1. The van der Waals surface area contributed by atoms with Gasteiger partial charge in [0.25, 0.3) is 10.1 Å². The number of benzene rings is 2. The fraction of sp³-hybridized carbons (Fsp3) is 0.320. The molecule has 9 heteroatoms. The van der Waals surface area contributed by atoms with Crippen molar-refractivity contribution in [2.24, 2.45) is 0 Å². The molecule has 2 N–H and O–H groups in total. The Hall–Kier alpha value is -2.43. The first kappa shape index (κ1) is 29.6. The standard InChI is InChI=1S/C24H27N.CH4O3S.H2O3S/c1-19(21-11-5-3-6-12-21)17-23(24-15-9-10-16-25-24)18-20(2)22-13-7-4-8-14-22;1-5(2,3)4;1-4(2)3/h3-16,19-20,23H,17-18H2,1-2H3;1H3,(H,2,3,4);(H2,1,2,3)/p-1. The molecule has 0 saturated carbocycles. The maximum Gasteiger partial charge on any atom is 0.261 e. The second-order valence-corrected chi connectivity index (χ2v) is 9.92. The van der Waals surface area contributed by atoms with Gasteiger partial charge in [0, 0.05) is 18.1 Å². The molecule has 2 atom stereocenters. The van der Waals surface area contributed by atoms with Gasteiger partial charge in [0.2, 0.25) is 0 Å². The fourth-order valence-corrected chi connectivity index (χ4v) is 3.70. The van der Waals surface area contributed by atoms with Crippen LogP contribution >= 0.6 is 0 Å². The molecule has 3 rings (SSSR count). The second kappa shape index (κ2) is 15.5. The lowest BCUT2D eigenvalue weighted by atomic mass is 9.81. The van der Waals surface area contributed by atoms with Gasteiger partial charge in [-0.25, -0.2) is 4.98 Å². The van der Waals surface area contributed by atoms with Crippen LogP contribution in [0.5, 0.6) is 0 Å². The summed E-state index contributed by atoms with van der Waals surface area (Å²) in [5, 5.41) is 0. The van der Waals surface area contributed by atoms with Crippen LogP contribution in [0.2, 0.25) is 0 Å². The van der Waals surface area contributed by atoms with Gasteiger partial charge in [0.05, 0.1) is 6.26 Å². The van der Waals surface area contributed by atoms with Crippen molar-refractivity contribution in [2.75, 3.05) is 6.26 Å². The van der Waals surface area contributed by atoms with Crippen LogP contribution in [0.1, 0.15) is 61.3 Å². The summed E-state index contributed by atoms with van der Waals surface area (Å²) in [5.41, 5.74) is 4.19. The molecule has 186 valence electrons. The van der Waals surface area contributed by atoms with Crippen LogP contribution in [-0.4, -0.2) is 32.5 Å². The Morgan fingerprint density at radius 3 is 1.50 bits per heavy atom. The minimum Gasteiger partial charge on any atom is -0.784 e. The minimum atomic E-state index is -3.67. The van der Waals surface area contributed by atoms with E-state index in [-0.39, 0.29) is 0 Å². The number of H-pyrrole nitrogens is 1. The van der Waals surface area contributed by atoms with Crippen molar-refractivity contribution in [3.8, 4) is 0 Å². The molecule has 0 saturated heterocycles. The lowest BCUT2D eigenvalue weighted by Crippen LogP contribution is -2.18. The zero-order valence-electron chi connectivity index (χ0n) is 19.5. The largest absolute Gasteiger partial charge is 0.784 e. The quantitative estimate of drug-likeness (QED) is 0.371. The van der Waals surface area contributed by atoms with Gasteiger partial charge in [0.1, 0.15) is 0 Å². The first-order valence-corrected chi connectivity index (χ1v) is 13.6. The Kier molecular flexibility index (Phi) is 13.5. The molecule has 0 fully saturated rings. The van der Waals surface area contributed by atoms with Crippen molar-refractivity contribution >= 4 is 21.5 Å². The van der Waals surface area contributed by atoms with Crippen molar-refractivity contribution in [2.45, 2.75) is 44.4 Å². The monoisotopic (exact) mass is 506 g/mol. The summed E-state index contributed by atoms with van der Waals surface area (Å²) < 4.78 is 51.2. The first-order chi connectivity index (χ1) is 16.0. The summed E-state index contributed by atoms with van der Waals surface area (Å²) in [6.45, 7) is 4.69. The maximum absolute atomic E-state index is 9.19. The molecule has 0 aliphatic heterocycles. The highest BCUT2D eigenvalue weighted by atomic mass is 32.2. The zero-order chi connectivity index (χ0) is 25.6. The minimum absolute atomic E-state index is 0.520. The van der Waals surface area contributed by atoms with Crippen molar-refractivity contribution in [3.05, 3.63) is 102 Å². The van der Waals surface area contributed by atoms with Crippen molar-refractivity contribution in [1.82, 2.24) is 0 Å². The van der Waals surface area contributed by atoms with Crippen LogP contribution in [0.15, 0.2) is 85.1 Å². The summed E-state index contributed by atoms with van der Waals surface area (Å²) in [4.78, 5) is 3.48. The molecular weight excluding hydrogens is 474 g/mol. The van der Waals surface area contributed by atoms with Gasteiger partial charge in [-0.05, 0) is 35.8 Å². The zero-order valence-corrected chi connectivity index (χ0v) is 21.2. The van der Waals surface area contributed by atoms with E-state index in [4.69, 9.17) is 17.9 Å². The number of nitrogens with one attached hydrogen (secondary N) is 1. The molecule has 2 unspecified atom stereocenters. The molecule has 0 radical (unpaired) electrons. The van der Waals surface area contributed by atoms with E-state index < -0.39 is 21.5 Å². The van der Waals surface area contributed by atoms with Gasteiger partial charge in [-0.1, -0.05) is 80.6 Å². The van der Waals surface area contributed by atoms with Gasteiger partial charge >= 0.3 is 0 Å². The lowest BCUT2D eigenvalue weighted by Gasteiger charge is -2.22. The lowest BCUT2D eigenvalue weighted by molar-refractivity contribution is -0.393. The fourth-order valence-electron chi connectivity index (χ4n) is 3.70. The van der Waals surface area contributed by atoms with E-state index in [1.165, 1.54) is 16.8 Å². The van der Waals surface area contributed by atoms with Crippen molar-refractivity contribution in [3.63, 3.8) is 0 Å². The summed E-state index contributed by atoms with van der Waals surface area (Å²) in [7, 11) is -3.67. The van der Waals surface area contributed by atoms with E-state index in [0.717, 1.165) is 12.8 Å². The van der Waals surface area contributed by atoms with E-state index in [1.54, 1.807) is 0 Å². The molecule has 7 nitrogen and oxygen atoms in total. The summed E-state index contributed by atoms with van der Waals surface area (Å²) in [6, 6.07) is 28.2. The smallest absolute Gasteiger partial charge is 0.261 e. The predicted molar refractivity (Wildman–Crippen MR) is 132 cm³/mol. The molecule has 0 aliphatic rings. The van der Waals surface area contributed by atoms with E-state index in [1.807, 2.05) is 6.20 Å². The Morgan fingerprint density at radius 1 is 0.824 bits per heavy atom. The van der Waals surface area contributed by atoms with E-state index in [2.05, 4.69) is 97.7 Å². The average Bonchev–Trinajstić information content (AvgIpc) is 2.79. The third kappa shape index (κ3) is 14.0. The Morgan fingerprint density at radius 2 is 1.18 bits per heavy atom. The number of aromatic amines is 1. The normalized spacial score (nSPS) is 13.5. The van der Waals surface area contributed by atoms with Gasteiger partial charge in [-0.2, -0.15) is 8.42 Å². The average molecular weight is 507 g/mol. The number of pyridine rings is 1. The van der Waals surface area contributed by atoms with Gasteiger partial charge in [-0.15, -0.1) is 11.4 Å². The predicted octanol–water partition coefficient (Wildman–Crippen LogP) is 4.47. The maximum atomic E-state index is 9.19. The van der Waals surface area contributed by atoms with Crippen LogP contribution in [0.4, 0.5) is 0 Å². The molecule has 34 heavy (non-hydrogen) atoms. The molecule has 0 aliphatic carbocycles. The van der Waals surface area contributed by atoms with Crippen LogP contribution in [0, 0.1) is 0 Å². The molecule has 0 amide bonds. The summed E-state index contributed by atoms with van der Waals surface area (Å²) in [5.74, 6) is 1.61. The number of aromatic nitrogens is 1. The number of hydrogen-bond acceptors (Lipinski definition) is 5. The molecule has 0 spiro atoms. The van der Waals surface area contributed by atoms with Crippen molar-refractivity contribution < 1.29 is 31.3 Å². The third-order valence-electron chi connectivity index (χ3n) is 5.19. The van der Waals surface area contributed by atoms with Gasteiger partial charge in [0.15, 0.2) is 11.9 Å². The highest BCUT2D eigenvalue weighted by molar-refractivity contribution is 7.85. The molecule has 3 aromatic rings. The molecule has 1 heterocycles. The highest BCUT2D eigenvalue weighted by Gasteiger charge is 2.24. The molecule has 0 bridgehead atoms. The van der Waals surface area contributed by atoms with Crippen LogP contribution in [0.25, 0.3) is 0 Å². The Labute approximate surface area is 205 Å². The van der Waals surface area contributed by atoms with E-state index in [9.17, 15) is 8.42 Å². The molecular formula is C25H32NO6S2-. The van der Waals surface area contributed by atoms with Gasteiger partial charge < -0.3 is 9.11 Å². The third-order valence-corrected chi connectivity index (χ3v) is 5.19. The molecule has 2 aromatic carbocycles. The first-order valence-electron chi connectivity index (χ1n) is 10.7. The number of rotatable bonds is 7. The molecule has 1 aromatic heterocycles. The summed E-state index contributed by atoms with van der Waals surface area (Å²) >= 11 is -3.11. The van der Waals surface area contributed by atoms with E-state index in [0.29, 0.717) is 24.0 Å². The second-order valence-electron chi connectivity index (χ2n) is 8.05. The SMILES string of the molecule is CC(CC(CC(C)c1ccccc1)c1cccc[nH+]1)c1ccccc1.CS(=O)(=O)O.O=S([O-])[O-]. The van der Waals surface area contributed by atoms with Crippen LogP contribution < -0.4 is 4.98 Å². The summed E-state index contributed by atoms with van der Waals surface area (Å²) in [6.07, 6.45) is 5.07. The van der Waals surface area contributed by atoms with Gasteiger partial charge in [-0.3, -0.25) is 8.76 Å². The Bertz CT molecular complexity index is 1000. The highest BCUT2D eigenvalue weighted by Crippen LogP contribution is 2.35.